The van der Waals surface area contributed by atoms with Gasteiger partial charge in [-0.15, -0.1) is 0 Å². The second kappa shape index (κ2) is 12.5. The van der Waals surface area contributed by atoms with Crippen LogP contribution in [0.1, 0.15) is 80.9 Å². The molecule has 6 nitrogen and oxygen atoms in total. The van der Waals surface area contributed by atoms with Crippen LogP contribution in [0.4, 0.5) is 0 Å². The Labute approximate surface area is 215 Å². The lowest BCUT2D eigenvalue weighted by atomic mass is 9.60. The topological polar surface area (TPSA) is 75.0 Å². The molecule has 0 unspecified atom stereocenters. The summed E-state index contributed by atoms with van der Waals surface area (Å²) >= 11 is 0. The molecule has 5 rings (SSSR count). The van der Waals surface area contributed by atoms with Gasteiger partial charge in [0, 0.05) is 35.5 Å². The number of H-pyrrole nitrogens is 1. The molecule has 36 heavy (non-hydrogen) atoms. The van der Waals surface area contributed by atoms with E-state index in [4.69, 9.17) is 4.52 Å². The maximum Gasteiger partial charge on any atom is 0.246 e. The van der Waals surface area contributed by atoms with E-state index >= 15 is 0 Å². The SMILES string of the molecule is CC.CCc1noc(CN(C=O)CC)n1.Cc1ccc(C2(c3c[nH]c4c(C)cccc34)CCC2)cc1. The molecule has 0 bridgehead atoms. The third-order valence-corrected chi connectivity index (χ3v) is 6.97. The fourth-order valence-corrected chi connectivity index (χ4v) is 4.71. The van der Waals surface area contributed by atoms with Crippen molar-refractivity contribution in [3.63, 3.8) is 0 Å². The van der Waals surface area contributed by atoms with Crippen molar-refractivity contribution >= 4 is 17.3 Å². The van der Waals surface area contributed by atoms with E-state index in [2.05, 4.69) is 77.6 Å². The van der Waals surface area contributed by atoms with E-state index in [1.54, 1.807) is 4.90 Å². The van der Waals surface area contributed by atoms with E-state index in [1.807, 2.05) is 27.7 Å². The maximum absolute atomic E-state index is 10.5. The van der Waals surface area contributed by atoms with Gasteiger partial charge in [0.1, 0.15) is 0 Å². The number of fused-ring (bicyclic) bond motifs is 1. The van der Waals surface area contributed by atoms with Gasteiger partial charge in [0.15, 0.2) is 5.82 Å². The monoisotopic (exact) mass is 488 g/mol. The molecule has 2 heterocycles. The third kappa shape index (κ3) is 5.69. The Bertz CT molecular complexity index is 1240. The zero-order chi connectivity index (χ0) is 26.1. The summed E-state index contributed by atoms with van der Waals surface area (Å²) in [4.78, 5) is 19.6. The summed E-state index contributed by atoms with van der Waals surface area (Å²) in [5, 5.41) is 5.13. The van der Waals surface area contributed by atoms with Gasteiger partial charge in [-0.1, -0.05) is 80.4 Å². The number of para-hydroxylation sites is 1. The average Bonchev–Trinajstić information content (AvgIpc) is 3.53. The Morgan fingerprint density at radius 3 is 2.36 bits per heavy atom. The van der Waals surface area contributed by atoms with Crippen molar-refractivity contribution in [2.24, 2.45) is 0 Å². The largest absolute Gasteiger partial charge is 0.361 e. The number of hydrogen-bond donors (Lipinski definition) is 1. The Morgan fingerprint density at radius 1 is 1.08 bits per heavy atom. The van der Waals surface area contributed by atoms with Crippen LogP contribution in [0, 0.1) is 13.8 Å². The van der Waals surface area contributed by atoms with Gasteiger partial charge in [-0.05, 0) is 50.3 Å². The molecule has 4 aromatic rings. The number of aryl methyl sites for hydroxylation is 3. The number of aromatic nitrogens is 3. The average molecular weight is 489 g/mol. The second-order valence-corrected chi connectivity index (χ2v) is 9.13. The van der Waals surface area contributed by atoms with Gasteiger partial charge in [-0.2, -0.15) is 4.98 Å². The molecule has 0 aliphatic heterocycles. The van der Waals surface area contributed by atoms with E-state index in [-0.39, 0.29) is 5.41 Å². The van der Waals surface area contributed by atoms with Crippen molar-refractivity contribution in [1.29, 1.82) is 0 Å². The molecular weight excluding hydrogens is 448 g/mol. The van der Waals surface area contributed by atoms with Gasteiger partial charge in [0.25, 0.3) is 0 Å². The lowest BCUT2D eigenvalue weighted by Crippen LogP contribution is -2.35. The quantitative estimate of drug-likeness (QED) is 0.287. The van der Waals surface area contributed by atoms with Crippen LogP contribution in [0.3, 0.4) is 0 Å². The molecule has 6 heteroatoms. The van der Waals surface area contributed by atoms with E-state index in [1.165, 1.54) is 52.4 Å². The minimum atomic E-state index is 0.222. The fourth-order valence-electron chi connectivity index (χ4n) is 4.71. The molecule has 1 aliphatic carbocycles. The van der Waals surface area contributed by atoms with Gasteiger partial charge < -0.3 is 14.4 Å². The molecule has 0 spiro atoms. The predicted octanol–water partition coefficient (Wildman–Crippen LogP) is 6.89. The normalized spacial score (nSPS) is 13.6. The molecule has 1 fully saturated rings. The van der Waals surface area contributed by atoms with Crippen molar-refractivity contribution in [2.45, 2.75) is 79.2 Å². The Balaban J connectivity index is 0.000000208. The Morgan fingerprint density at radius 2 is 1.81 bits per heavy atom. The Hall–Kier alpha value is -3.41. The number of nitrogens with one attached hydrogen (secondary N) is 1. The molecule has 2 aromatic heterocycles. The van der Waals surface area contributed by atoms with Crippen LogP contribution in [-0.4, -0.2) is 33.0 Å². The molecule has 0 saturated heterocycles. The standard InChI is InChI=1S/C20H21N.C8H13N3O2.C2H6/c1-14-7-9-16(10-8-14)20(11-4-12-20)18-13-21-19-15(2)5-3-6-17(18)19;1-3-7-9-8(13-10-7)5-11(4-2)6-12;1-2/h3,5-10,13,21H,4,11-12H2,1-2H3;6H,3-5H2,1-2H3;1-2H3. The van der Waals surface area contributed by atoms with Crippen LogP contribution in [0.25, 0.3) is 10.9 Å². The van der Waals surface area contributed by atoms with Gasteiger partial charge >= 0.3 is 0 Å². The lowest BCUT2D eigenvalue weighted by molar-refractivity contribution is -0.118. The van der Waals surface area contributed by atoms with Crippen LogP contribution in [0.5, 0.6) is 0 Å². The molecule has 192 valence electrons. The first kappa shape index (κ1) is 27.2. The summed E-state index contributed by atoms with van der Waals surface area (Å²) in [6, 6.07) is 15.8. The van der Waals surface area contributed by atoms with Crippen molar-refractivity contribution < 1.29 is 9.32 Å². The van der Waals surface area contributed by atoms with Crippen LogP contribution in [0.15, 0.2) is 53.2 Å². The highest BCUT2D eigenvalue weighted by molar-refractivity contribution is 5.87. The minimum absolute atomic E-state index is 0.222. The van der Waals surface area contributed by atoms with E-state index < -0.39 is 0 Å². The number of rotatable bonds is 7. The summed E-state index contributed by atoms with van der Waals surface area (Å²) in [6.07, 6.45) is 7.61. The third-order valence-electron chi connectivity index (χ3n) is 6.97. The molecule has 1 aliphatic rings. The van der Waals surface area contributed by atoms with Crippen molar-refractivity contribution in [3.8, 4) is 0 Å². The van der Waals surface area contributed by atoms with Crippen LogP contribution < -0.4 is 0 Å². The zero-order valence-corrected chi connectivity index (χ0v) is 22.6. The van der Waals surface area contributed by atoms with Crippen LogP contribution >= 0.6 is 0 Å². The highest BCUT2D eigenvalue weighted by atomic mass is 16.5. The van der Waals surface area contributed by atoms with Crippen LogP contribution in [0.2, 0.25) is 0 Å². The summed E-state index contributed by atoms with van der Waals surface area (Å²) < 4.78 is 4.93. The molecule has 2 aromatic carbocycles. The van der Waals surface area contributed by atoms with Gasteiger partial charge in [-0.25, -0.2) is 0 Å². The number of benzene rings is 2. The van der Waals surface area contributed by atoms with Gasteiger partial charge in [0.05, 0.1) is 6.54 Å². The summed E-state index contributed by atoms with van der Waals surface area (Å²) in [5.74, 6) is 1.17. The number of amides is 1. The zero-order valence-electron chi connectivity index (χ0n) is 22.6. The fraction of sp³-hybridized carbons (Fsp3) is 0.433. The highest BCUT2D eigenvalue weighted by Crippen LogP contribution is 2.51. The summed E-state index contributed by atoms with van der Waals surface area (Å²) in [5.41, 5.74) is 7.14. The number of nitrogens with zero attached hydrogens (tertiary/aromatic N) is 3. The summed E-state index contributed by atoms with van der Waals surface area (Å²) in [6.45, 7) is 13.2. The van der Waals surface area contributed by atoms with Gasteiger partial charge in [0.2, 0.25) is 12.3 Å². The number of carbonyl (C=O) groups is 1. The first-order valence-corrected chi connectivity index (χ1v) is 13.2. The number of hydrogen-bond acceptors (Lipinski definition) is 4. The second-order valence-electron chi connectivity index (χ2n) is 9.13. The van der Waals surface area contributed by atoms with E-state index in [0.29, 0.717) is 24.8 Å². The molecule has 1 N–H and O–H groups in total. The van der Waals surface area contributed by atoms with Crippen LogP contribution in [-0.2, 0) is 23.2 Å². The summed E-state index contributed by atoms with van der Waals surface area (Å²) in [7, 11) is 0. The molecule has 0 atom stereocenters. The van der Waals surface area contributed by atoms with E-state index in [0.717, 1.165) is 12.8 Å². The number of aromatic amines is 1. The van der Waals surface area contributed by atoms with E-state index in [9.17, 15) is 4.79 Å². The van der Waals surface area contributed by atoms with Crippen molar-refractivity contribution in [1.82, 2.24) is 20.0 Å². The maximum atomic E-state index is 10.5. The molecule has 1 saturated carbocycles. The van der Waals surface area contributed by atoms with Crippen molar-refractivity contribution in [2.75, 3.05) is 6.54 Å². The number of carbonyl (C=O) groups excluding carboxylic acids is 1. The molecule has 0 radical (unpaired) electrons. The highest BCUT2D eigenvalue weighted by Gasteiger charge is 2.41. The molecule has 1 amide bonds. The van der Waals surface area contributed by atoms with Gasteiger partial charge in [-0.3, -0.25) is 4.79 Å². The first-order valence-electron chi connectivity index (χ1n) is 13.2. The molecular formula is C30H40N4O2. The Kier molecular flexibility index (Phi) is 9.45. The lowest BCUT2D eigenvalue weighted by Gasteiger charge is -2.42. The predicted molar refractivity (Wildman–Crippen MR) is 146 cm³/mol. The minimum Gasteiger partial charge on any atom is -0.361 e. The first-order chi connectivity index (χ1) is 17.5. The smallest absolute Gasteiger partial charge is 0.246 e. The van der Waals surface area contributed by atoms with Crippen molar-refractivity contribution in [3.05, 3.63) is 82.6 Å².